The quantitative estimate of drug-likeness (QED) is 0.142. The summed E-state index contributed by atoms with van der Waals surface area (Å²) in [6.45, 7) is -0.354. The number of benzene rings is 15. The van der Waals surface area contributed by atoms with Crippen LogP contribution in [0.3, 0.4) is 0 Å². The van der Waals surface area contributed by atoms with Gasteiger partial charge in [0.1, 0.15) is 11.5 Å². The standard InChI is InChI=1S/C90H56B2N4OS/c1-5-27-57(28-6-1)63-39-25-40-64(58-29-7-2-8-30-58)89(63)95-79-49-23-17-43-71(79)91-73-55-74-85(56-83(73)97-84-53-61(51-81(95)87(84)91)93-75-45-19-13-35-67(75)68-36-14-20-46-76(68)93)98-86-54-62(94-77-47-21-15-37-69(77)70-38-16-22-48-78(70)94)52-82-88(86)92(74)72-44-18-24-50-80(72)96(82)90-65(59-31-9-3-10-32-59)41-26-42-66(90)60-33-11-4-12-34-60/h1-56H. The van der Waals surface area contributed by atoms with Gasteiger partial charge in [0.25, 0.3) is 6.71 Å². The van der Waals surface area contributed by atoms with Crippen LogP contribution in [0.1, 0.15) is 0 Å². The number of hydrogen-bond acceptors (Lipinski definition) is 4. The highest BCUT2D eigenvalue weighted by atomic mass is 32.2. The van der Waals surface area contributed by atoms with E-state index in [1.54, 1.807) is 0 Å². The normalized spacial score (nSPS) is 13.1. The Morgan fingerprint density at radius 2 is 0.622 bits per heavy atom. The number of anilines is 6. The van der Waals surface area contributed by atoms with Crippen molar-refractivity contribution in [1.29, 1.82) is 0 Å². The highest BCUT2D eigenvalue weighted by molar-refractivity contribution is 8.00. The molecule has 4 aliphatic rings. The molecule has 0 spiro atoms. The van der Waals surface area contributed by atoms with Crippen molar-refractivity contribution in [3.05, 3.63) is 340 Å². The predicted molar refractivity (Wildman–Crippen MR) is 413 cm³/mol. The van der Waals surface area contributed by atoms with Gasteiger partial charge in [0.05, 0.1) is 39.1 Å². The minimum Gasteiger partial charge on any atom is -0.458 e. The van der Waals surface area contributed by atoms with E-state index in [0.29, 0.717) is 0 Å². The predicted octanol–water partition coefficient (Wildman–Crippen LogP) is 19.7. The summed E-state index contributed by atoms with van der Waals surface area (Å²) in [5.41, 5.74) is 30.1. The first-order chi connectivity index (χ1) is 48.7. The fourth-order valence-electron chi connectivity index (χ4n) is 17.0. The topological polar surface area (TPSA) is 25.6 Å². The zero-order valence-electron chi connectivity index (χ0n) is 53.1. The summed E-state index contributed by atoms with van der Waals surface area (Å²) in [4.78, 5) is 7.60. The molecule has 6 heterocycles. The van der Waals surface area contributed by atoms with E-state index in [0.717, 1.165) is 123 Å². The molecular weight excluding hydrogens is 1210 g/mol. The Hall–Kier alpha value is -12.2. The molecule has 0 saturated carbocycles. The molecule has 0 bridgehead atoms. The molecule has 98 heavy (non-hydrogen) atoms. The van der Waals surface area contributed by atoms with Gasteiger partial charge >= 0.3 is 0 Å². The highest BCUT2D eigenvalue weighted by Gasteiger charge is 2.47. The van der Waals surface area contributed by atoms with Crippen molar-refractivity contribution in [3.8, 4) is 67.4 Å². The molecule has 4 aliphatic heterocycles. The molecule has 0 aliphatic carbocycles. The second-order valence-electron chi connectivity index (χ2n) is 26.1. The number of rotatable bonds is 8. The summed E-state index contributed by atoms with van der Waals surface area (Å²) in [7, 11) is 0. The Labute approximate surface area is 572 Å². The van der Waals surface area contributed by atoms with E-state index >= 15 is 0 Å². The molecule has 0 fully saturated rings. The SMILES string of the molecule is c1ccc(-c2cccc(-c3ccccc3)c2N2c3ccccc3B3c4cc5c(cc4Oc4cc(-n6c7ccccc7c7ccccc76)cc2c43)Sc2cc(-n3c4ccccc4c4ccccc43)cc3c2B5c2ccccc2N3c2c(-c3ccccc3)cccc2-c2ccccc2)cc1. The fraction of sp³-hybridized carbons (Fsp3) is 0. The van der Waals surface area contributed by atoms with Gasteiger partial charge in [-0.15, -0.1) is 0 Å². The maximum absolute atomic E-state index is 7.84. The second kappa shape index (κ2) is 21.7. The van der Waals surface area contributed by atoms with Gasteiger partial charge in [0, 0.05) is 88.1 Å². The van der Waals surface area contributed by atoms with Gasteiger partial charge in [-0.25, -0.2) is 0 Å². The van der Waals surface area contributed by atoms with Gasteiger partial charge in [-0.1, -0.05) is 290 Å². The Morgan fingerprint density at radius 1 is 0.255 bits per heavy atom. The highest BCUT2D eigenvalue weighted by Crippen LogP contribution is 2.53. The van der Waals surface area contributed by atoms with E-state index in [1.165, 1.54) is 64.2 Å². The molecule has 8 heteroatoms. The van der Waals surface area contributed by atoms with Crippen molar-refractivity contribution in [2.24, 2.45) is 0 Å². The Kier molecular flexibility index (Phi) is 12.2. The van der Waals surface area contributed by atoms with Crippen molar-refractivity contribution in [3.63, 3.8) is 0 Å². The molecule has 0 radical (unpaired) electrons. The van der Waals surface area contributed by atoms with Crippen LogP contribution in [0.5, 0.6) is 11.5 Å². The third kappa shape index (κ3) is 8.13. The van der Waals surface area contributed by atoms with Crippen LogP contribution in [0.25, 0.3) is 99.5 Å². The monoisotopic (exact) mass is 1260 g/mol. The minimum absolute atomic E-state index is 0.148. The number of nitrogens with zero attached hydrogens (tertiary/aromatic N) is 4. The number of fused-ring (bicyclic) bond motifs is 14. The van der Waals surface area contributed by atoms with E-state index in [1.807, 2.05) is 11.8 Å². The molecule has 15 aromatic carbocycles. The summed E-state index contributed by atoms with van der Waals surface area (Å²) < 4.78 is 12.8. The molecule has 2 aromatic heterocycles. The number of ether oxygens (including phenoxy) is 1. The lowest BCUT2D eigenvalue weighted by atomic mass is 9.31. The maximum atomic E-state index is 7.84. The molecule has 5 nitrogen and oxygen atoms in total. The molecule has 17 aromatic rings. The van der Waals surface area contributed by atoms with Gasteiger partial charge in [0.2, 0.25) is 6.71 Å². The summed E-state index contributed by atoms with van der Waals surface area (Å²) in [6, 6.07) is 126. The van der Waals surface area contributed by atoms with Crippen molar-refractivity contribution in [2.75, 3.05) is 9.80 Å². The first kappa shape index (κ1) is 55.1. The van der Waals surface area contributed by atoms with Crippen LogP contribution in [0.2, 0.25) is 0 Å². The smallest absolute Gasteiger partial charge is 0.256 e. The van der Waals surface area contributed by atoms with Crippen LogP contribution >= 0.6 is 11.8 Å². The van der Waals surface area contributed by atoms with E-state index in [-0.39, 0.29) is 13.4 Å². The van der Waals surface area contributed by atoms with Crippen LogP contribution in [0, 0.1) is 0 Å². The summed E-state index contributed by atoms with van der Waals surface area (Å²) in [5, 5.41) is 4.87. The Morgan fingerprint density at radius 3 is 1.06 bits per heavy atom. The number of aromatic nitrogens is 2. The summed E-state index contributed by atoms with van der Waals surface area (Å²) >= 11 is 1.88. The van der Waals surface area contributed by atoms with Gasteiger partial charge < -0.3 is 23.7 Å². The third-order valence-corrected chi connectivity index (χ3v) is 22.1. The number of hydrogen-bond donors (Lipinski definition) is 0. The zero-order valence-corrected chi connectivity index (χ0v) is 53.9. The van der Waals surface area contributed by atoms with E-state index in [4.69, 9.17) is 4.74 Å². The molecular formula is C90H56B2N4OS. The van der Waals surface area contributed by atoms with Crippen LogP contribution in [0.4, 0.5) is 34.1 Å². The lowest BCUT2D eigenvalue weighted by Crippen LogP contribution is -2.63. The van der Waals surface area contributed by atoms with Gasteiger partial charge in [-0.05, 0) is 110 Å². The van der Waals surface area contributed by atoms with Crippen LogP contribution in [0.15, 0.2) is 350 Å². The fourth-order valence-corrected chi connectivity index (χ4v) is 18.2. The minimum atomic E-state index is -0.206. The Bertz CT molecular complexity index is 5570. The molecule has 0 N–H and O–H groups in total. The molecule has 0 amide bonds. The maximum Gasteiger partial charge on any atom is 0.256 e. The number of para-hydroxylation sites is 8. The summed E-state index contributed by atoms with van der Waals surface area (Å²) in [6.07, 6.45) is 0. The van der Waals surface area contributed by atoms with Crippen LogP contribution in [-0.2, 0) is 0 Å². The van der Waals surface area contributed by atoms with Crippen LogP contribution < -0.4 is 47.3 Å². The van der Waals surface area contributed by atoms with Crippen molar-refractivity contribution >= 4 is 136 Å². The van der Waals surface area contributed by atoms with Crippen LogP contribution in [-0.4, -0.2) is 22.6 Å². The summed E-state index contributed by atoms with van der Waals surface area (Å²) in [5.74, 6) is 1.71. The van der Waals surface area contributed by atoms with E-state index < -0.39 is 0 Å². The largest absolute Gasteiger partial charge is 0.458 e. The molecule has 0 saturated heterocycles. The first-order valence-corrected chi connectivity index (χ1v) is 34.6. The van der Waals surface area contributed by atoms with Gasteiger partial charge in [-0.2, -0.15) is 0 Å². The van der Waals surface area contributed by atoms with E-state index in [9.17, 15) is 0 Å². The second-order valence-corrected chi connectivity index (χ2v) is 27.2. The lowest BCUT2D eigenvalue weighted by Gasteiger charge is -2.43. The lowest BCUT2D eigenvalue weighted by molar-refractivity contribution is 0.486. The average molecular weight is 1260 g/mol. The molecule has 21 rings (SSSR count). The van der Waals surface area contributed by atoms with Crippen molar-refractivity contribution in [1.82, 2.24) is 9.13 Å². The molecule has 454 valence electrons. The van der Waals surface area contributed by atoms with Gasteiger partial charge in [0.15, 0.2) is 0 Å². The van der Waals surface area contributed by atoms with Crippen molar-refractivity contribution in [2.45, 2.75) is 9.79 Å². The molecule has 0 unspecified atom stereocenters. The van der Waals surface area contributed by atoms with Gasteiger partial charge in [-0.3, -0.25) is 0 Å². The zero-order chi connectivity index (χ0) is 64.1. The first-order valence-electron chi connectivity index (χ1n) is 33.8. The third-order valence-electron chi connectivity index (χ3n) is 21.0. The molecule has 0 atom stereocenters. The van der Waals surface area contributed by atoms with Crippen molar-refractivity contribution < 1.29 is 4.74 Å². The Balaban J connectivity index is 0.837. The average Bonchev–Trinajstić information content (AvgIpc) is 0.747. The van der Waals surface area contributed by atoms with E-state index in [2.05, 4.69) is 359 Å².